The first-order chi connectivity index (χ1) is 7.79. The Morgan fingerprint density at radius 3 is 3.06 bits per heavy atom. The van der Waals surface area contributed by atoms with E-state index in [2.05, 4.69) is 17.1 Å². The van der Waals surface area contributed by atoms with Gasteiger partial charge in [-0.3, -0.25) is 4.79 Å². The molecule has 1 aliphatic rings. The molecule has 2 rings (SSSR count). The van der Waals surface area contributed by atoms with Gasteiger partial charge < -0.3 is 4.52 Å². The van der Waals surface area contributed by atoms with Gasteiger partial charge in [0.15, 0.2) is 5.82 Å². The van der Waals surface area contributed by atoms with Crippen molar-refractivity contribution in [2.75, 3.05) is 0 Å². The molecule has 1 unspecified atom stereocenters. The van der Waals surface area contributed by atoms with Crippen molar-refractivity contribution in [3.8, 4) is 0 Å². The summed E-state index contributed by atoms with van der Waals surface area (Å²) in [6.07, 6.45) is 6.39. The van der Waals surface area contributed by atoms with Crippen LogP contribution in [0.2, 0.25) is 0 Å². The van der Waals surface area contributed by atoms with Gasteiger partial charge in [-0.05, 0) is 19.3 Å². The molecule has 0 aliphatic heterocycles. The lowest BCUT2D eigenvalue weighted by atomic mass is 9.86. The van der Waals surface area contributed by atoms with E-state index in [9.17, 15) is 4.79 Å². The van der Waals surface area contributed by atoms with Gasteiger partial charge >= 0.3 is 0 Å². The van der Waals surface area contributed by atoms with Crippen LogP contribution in [-0.4, -0.2) is 15.9 Å². The van der Waals surface area contributed by atoms with Gasteiger partial charge in [0.1, 0.15) is 5.78 Å². The summed E-state index contributed by atoms with van der Waals surface area (Å²) in [6, 6.07) is 0. The van der Waals surface area contributed by atoms with Crippen LogP contribution in [-0.2, 0) is 17.6 Å². The highest BCUT2D eigenvalue weighted by molar-refractivity contribution is 5.81. The van der Waals surface area contributed by atoms with Gasteiger partial charge in [-0.15, -0.1) is 0 Å². The van der Waals surface area contributed by atoms with Crippen molar-refractivity contribution in [1.82, 2.24) is 10.1 Å². The smallest absolute Gasteiger partial charge is 0.227 e. The average Bonchev–Trinajstić information content (AvgIpc) is 2.70. The number of hydrogen-bond donors (Lipinski definition) is 0. The third-order valence-electron chi connectivity index (χ3n) is 3.09. The van der Waals surface area contributed by atoms with Gasteiger partial charge in [0.2, 0.25) is 5.89 Å². The van der Waals surface area contributed by atoms with Crippen LogP contribution < -0.4 is 0 Å². The summed E-state index contributed by atoms with van der Waals surface area (Å²) < 4.78 is 5.15. The topological polar surface area (TPSA) is 56.0 Å². The molecule has 0 amide bonds. The molecule has 0 saturated heterocycles. The van der Waals surface area contributed by atoms with Crippen LogP contribution in [0.5, 0.6) is 0 Å². The summed E-state index contributed by atoms with van der Waals surface area (Å²) in [6.45, 7) is 2.08. The van der Waals surface area contributed by atoms with E-state index < -0.39 is 0 Å². The summed E-state index contributed by atoms with van der Waals surface area (Å²) in [5, 5.41) is 3.90. The zero-order chi connectivity index (χ0) is 11.4. The molecule has 4 heteroatoms. The Labute approximate surface area is 95.4 Å². The molecule has 88 valence electrons. The second-order valence-electron chi connectivity index (χ2n) is 4.47. The molecule has 1 fully saturated rings. The highest BCUT2D eigenvalue weighted by Crippen LogP contribution is 2.23. The molecule has 1 heterocycles. The Kier molecular flexibility index (Phi) is 3.70. The van der Waals surface area contributed by atoms with Gasteiger partial charge in [-0.25, -0.2) is 0 Å². The molecule has 1 aromatic heterocycles. The number of Topliss-reactive ketones (excluding diaryl/α,β-unsaturated/α-hetero) is 1. The van der Waals surface area contributed by atoms with Crippen LogP contribution in [0.15, 0.2) is 4.52 Å². The van der Waals surface area contributed by atoms with Gasteiger partial charge in [0, 0.05) is 25.2 Å². The van der Waals surface area contributed by atoms with E-state index in [0.717, 1.165) is 44.3 Å². The zero-order valence-corrected chi connectivity index (χ0v) is 9.74. The number of carbonyl (C=O) groups excluding carboxylic acids is 1. The molecule has 1 aliphatic carbocycles. The van der Waals surface area contributed by atoms with E-state index in [0.29, 0.717) is 18.1 Å². The van der Waals surface area contributed by atoms with Crippen LogP contribution in [0.3, 0.4) is 0 Å². The molecule has 0 radical (unpaired) electrons. The monoisotopic (exact) mass is 222 g/mol. The molecule has 1 saturated carbocycles. The predicted octanol–water partition coefficient (Wildman–Crippen LogP) is 2.32. The summed E-state index contributed by atoms with van der Waals surface area (Å²) >= 11 is 0. The third kappa shape index (κ3) is 2.68. The molecule has 0 bridgehead atoms. The van der Waals surface area contributed by atoms with Crippen LogP contribution in [0, 0.1) is 5.92 Å². The fourth-order valence-corrected chi connectivity index (χ4v) is 2.18. The van der Waals surface area contributed by atoms with E-state index >= 15 is 0 Å². The first-order valence-electron chi connectivity index (χ1n) is 6.13. The number of aryl methyl sites for hydroxylation is 1. The normalized spacial score (nSPS) is 21.3. The van der Waals surface area contributed by atoms with E-state index in [1.807, 2.05) is 0 Å². The minimum atomic E-state index is 0.115. The van der Waals surface area contributed by atoms with Gasteiger partial charge in [0.05, 0.1) is 0 Å². The average molecular weight is 222 g/mol. The Hall–Kier alpha value is -1.19. The Morgan fingerprint density at radius 2 is 2.31 bits per heavy atom. The molecule has 0 N–H and O–H groups in total. The maximum absolute atomic E-state index is 11.6. The number of aromatic nitrogens is 2. The van der Waals surface area contributed by atoms with Crippen LogP contribution in [0.1, 0.15) is 50.7 Å². The molecule has 1 atom stereocenters. The first-order valence-corrected chi connectivity index (χ1v) is 6.13. The van der Waals surface area contributed by atoms with Gasteiger partial charge in [-0.2, -0.15) is 4.98 Å². The molecule has 0 spiro atoms. The van der Waals surface area contributed by atoms with Crippen molar-refractivity contribution < 1.29 is 9.32 Å². The summed E-state index contributed by atoms with van der Waals surface area (Å²) in [5.41, 5.74) is 0. The molecular weight excluding hydrogens is 204 g/mol. The minimum Gasteiger partial charge on any atom is -0.339 e. The molecule has 1 aromatic rings. The summed E-state index contributed by atoms with van der Waals surface area (Å²) in [7, 11) is 0. The number of carbonyl (C=O) groups is 1. The van der Waals surface area contributed by atoms with E-state index in [-0.39, 0.29) is 5.92 Å². The first kappa shape index (κ1) is 11.3. The quantitative estimate of drug-likeness (QED) is 0.784. The molecule has 4 nitrogen and oxygen atoms in total. The standard InChI is InChI=1S/C12H18N2O2/c1-2-5-11-13-12(16-14-11)8-9-6-3-4-7-10(9)15/h9H,2-8H2,1H3. The number of hydrogen-bond acceptors (Lipinski definition) is 4. The third-order valence-corrected chi connectivity index (χ3v) is 3.09. The second kappa shape index (κ2) is 5.23. The summed E-state index contributed by atoms with van der Waals surface area (Å²) in [5.74, 6) is 1.87. The fraction of sp³-hybridized carbons (Fsp3) is 0.750. The lowest BCUT2D eigenvalue weighted by molar-refractivity contribution is -0.124. The summed E-state index contributed by atoms with van der Waals surface area (Å²) in [4.78, 5) is 15.9. The van der Waals surface area contributed by atoms with Gasteiger partial charge in [0.25, 0.3) is 0 Å². The van der Waals surface area contributed by atoms with Crippen molar-refractivity contribution in [2.24, 2.45) is 5.92 Å². The maximum atomic E-state index is 11.6. The van der Waals surface area contributed by atoms with Crippen molar-refractivity contribution in [2.45, 2.75) is 51.9 Å². The van der Waals surface area contributed by atoms with Crippen molar-refractivity contribution in [3.05, 3.63) is 11.7 Å². The maximum Gasteiger partial charge on any atom is 0.227 e. The van der Waals surface area contributed by atoms with E-state index in [1.165, 1.54) is 0 Å². The number of ketones is 1. The SMILES string of the molecule is CCCc1noc(CC2CCCCC2=O)n1. The zero-order valence-electron chi connectivity index (χ0n) is 9.74. The van der Waals surface area contributed by atoms with Gasteiger partial charge in [-0.1, -0.05) is 18.5 Å². The highest BCUT2D eigenvalue weighted by atomic mass is 16.5. The van der Waals surface area contributed by atoms with Crippen LogP contribution >= 0.6 is 0 Å². The fourth-order valence-electron chi connectivity index (χ4n) is 2.18. The molecular formula is C12H18N2O2. The molecule has 0 aromatic carbocycles. The number of nitrogens with zero attached hydrogens (tertiary/aromatic N) is 2. The van der Waals surface area contributed by atoms with Crippen molar-refractivity contribution in [3.63, 3.8) is 0 Å². The Morgan fingerprint density at radius 1 is 1.44 bits per heavy atom. The Balaban J connectivity index is 1.94. The van der Waals surface area contributed by atoms with Crippen molar-refractivity contribution >= 4 is 5.78 Å². The highest BCUT2D eigenvalue weighted by Gasteiger charge is 2.24. The lowest BCUT2D eigenvalue weighted by Gasteiger charge is -2.18. The minimum absolute atomic E-state index is 0.115. The molecule has 16 heavy (non-hydrogen) atoms. The predicted molar refractivity (Wildman–Crippen MR) is 59.0 cm³/mol. The largest absolute Gasteiger partial charge is 0.339 e. The van der Waals surface area contributed by atoms with Crippen LogP contribution in [0.4, 0.5) is 0 Å². The van der Waals surface area contributed by atoms with E-state index in [1.54, 1.807) is 0 Å². The van der Waals surface area contributed by atoms with Crippen LogP contribution in [0.25, 0.3) is 0 Å². The number of rotatable bonds is 4. The second-order valence-corrected chi connectivity index (χ2v) is 4.47. The van der Waals surface area contributed by atoms with E-state index in [4.69, 9.17) is 4.52 Å². The van der Waals surface area contributed by atoms with Crippen molar-refractivity contribution in [1.29, 1.82) is 0 Å². The lowest BCUT2D eigenvalue weighted by Crippen LogP contribution is -2.21. The Bertz CT molecular complexity index is 360.